The molecule has 18 heavy (non-hydrogen) atoms. The molecule has 102 valence electrons. The molecule has 0 spiro atoms. The molecule has 0 aliphatic rings. The highest BCUT2D eigenvalue weighted by Crippen LogP contribution is 2.28. The lowest BCUT2D eigenvalue weighted by Gasteiger charge is -2.16. The summed E-state index contributed by atoms with van der Waals surface area (Å²) in [6.07, 6.45) is 0.610. The summed E-state index contributed by atoms with van der Waals surface area (Å²) in [5, 5.41) is 13.2. The van der Waals surface area contributed by atoms with Gasteiger partial charge in [-0.1, -0.05) is 24.6 Å². The molecule has 0 aliphatic heterocycles. The van der Waals surface area contributed by atoms with Crippen molar-refractivity contribution < 1.29 is 9.84 Å². The van der Waals surface area contributed by atoms with Crippen LogP contribution in [0.5, 0.6) is 5.75 Å². The number of halogens is 1. The smallest absolute Gasteiger partial charge is 0.138 e. The molecule has 4 heteroatoms. The predicted octanol–water partition coefficient (Wildman–Crippen LogP) is 3.16. The Kier molecular flexibility index (Phi) is 6.47. The summed E-state index contributed by atoms with van der Waals surface area (Å²) in [4.78, 5) is 0. The average molecular weight is 272 g/mol. The third-order valence-corrected chi connectivity index (χ3v) is 2.93. The Morgan fingerprint density at radius 3 is 2.67 bits per heavy atom. The molecule has 0 saturated carbocycles. The zero-order valence-electron chi connectivity index (χ0n) is 11.2. The second-order valence-electron chi connectivity index (χ2n) is 4.53. The van der Waals surface area contributed by atoms with Gasteiger partial charge in [0.05, 0.1) is 11.1 Å². The van der Waals surface area contributed by atoms with Crippen molar-refractivity contribution in [3.05, 3.63) is 28.8 Å². The Morgan fingerprint density at radius 2 is 2.11 bits per heavy atom. The van der Waals surface area contributed by atoms with E-state index in [0.29, 0.717) is 10.8 Å². The molecule has 2 N–H and O–H groups in total. The highest BCUT2D eigenvalue weighted by Gasteiger charge is 2.09. The zero-order chi connectivity index (χ0) is 13.5. The molecular formula is C14H22ClNO2. The van der Waals surface area contributed by atoms with Crippen molar-refractivity contribution in [1.82, 2.24) is 5.32 Å². The van der Waals surface area contributed by atoms with Crippen LogP contribution in [0.3, 0.4) is 0 Å². The van der Waals surface area contributed by atoms with E-state index in [-0.39, 0.29) is 12.6 Å². The molecule has 0 bridgehead atoms. The molecule has 3 nitrogen and oxygen atoms in total. The van der Waals surface area contributed by atoms with Gasteiger partial charge in [0.25, 0.3) is 0 Å². The monoisotopic (exact) mass is 271 g/mol. The van der Waals surface area contributed by atoms with E-state index < -0.39 is 6.10 Å². The lowest BCUT2D eigenvalue weighted by molar-refractivity contribution is 0.123. The van der Waals surface area contributed by atoms with Crippen LogP contribution in [0.4, 0.5) is 0 Å². The van der Waals surface area contributed by atoms with E-state index in [1.54, 1.807) is 6.92 Å². The minimum atomic E-state index is -0.495. The van der Waals surface area contributed by atoms with E-state index in [9.17, 15) is 0 Å². The first-order valence-electron chi connectivity index (χ1n) is 6.38. The van der Waals surface area contributed by atoms with Gasteiger partial charge < -0.3 is 15.2 Å². The van der Waals surface area contributed by atoms with Crippen molar-refractivity contribution in [1.29, 1.82) is 0 Å². The van der Waals surface area contributed by atoms with Gasteiger partial charge >= 0.3 is 0 Å². The quantitative estimate of drug-likeness (QED) is 0.800. The van der Waals surface area contributed by atoms with Crippen molar-refractivity contribution in [2.24, 2.45) is 0 Å². The Balaban J connectivity index is 2.66. The van der Waals surface area contributed by atoms with Crippen LogP contribution in [-0.2, 0) is 0 Å². The molecule has 2 atom stereocenters. The van der Waals surface area contributed by atoms with Gasteiger partial charge in [0, 0.05) is 6.04 Å². The van der Waals surface area contributed by atoms with Crippen LogP contribution in [-0.4, -0.2) is 24.4 Å². The van der Waals surface area contributed by atoms with Gasteiger partial charge in [0.15, 0.2) is 0 Å². The number of aliphatic hydroxyl groups excluding tert-OH is 1. The maximum Gasteiger partial charge on any atom is 0.138 e. The Labute approximate surface area is 114 Å². The van der Waals surface area contributed by atoms with Crippen molar-refractivity contribution in [3.8, 4) is 5.75 Å². The number of aliphatic hydroxyl groups is 1. The largest absolute Gasteiger partial charge is 0.489 e. The van der Waals surface area contributed by atoms with E-state index in [4.69, 9.17) is 21.4 Å². The fourth-order valence-electron chi connectivity index (χ4n) is 1.59. The van der Waals surface area contributed by atoms with Crippen molar-refractivity contribution >= 4 is 11.6 Å². The molecule has 0 aliphatic carbocycles. The Bertz CT molecular complexity index is 369. The third kappa shape index (κ3) is 4.84. The van der Waals surface area contributed by atoms with Crippen molar-refractivity contribution in [2.45, 2.75) is 39.3 Å². The van der Waals surface area contributed by atoms with Crippen LogP contribution in [0.1, 0.15) is 38.8 Å². The molecule has 2 unspecified atom stereocenters. The molecule has 1 rings (SSSR count). The average Bonchev–Trinajstić information content (AvgIpc) is 2.34. The first kappa shape index (κ1) is 15.3. The molecule has 0 heterocycles. The third-order valence-electron chi connectivity index (χ3n) is 2.64. The maximum absolute atomic E-state index is 9.17. The molecular weight excluding hydrogens is 250 g/mol. The van der Waals surface area contributed by atoms with Crippen LogP contribution in [0.25, 0.3) is 0 Å². The Morgan fingerprint density at radius 1 is 1.39 bits per heavy atom. The van der Waals surface area contributed by atoms with E-state index in [1.165, 1.54) is 0 Å². The summed E-state index contributed by atoms with van der Waals surface area (Å²) in [5.41, 5.74) is 1.14. The Hall–Kier alpha value is -0.770. The van der Waals surface area contributed by atoms with E-state index in [1.807, 2.05) is 18.2 Å². The lowest BCUT2D eigenvalue weighted by atomic mass is 10.1. The molecule has 0 amide bonds. The summed E-state index contributed by atoms with van der Waals surface area (Å²) in [7, 11) is 0. The minimum absolute atomic E-state index is 0.253. The predicted molar refractivity (Wildman–Crippen MR) is 75.3 cm³/mol. The maximum atomic E-state index is 9.17. The van der Waals surface area contributed by atoms with Crippen LogP contribution in [0.2, 0.25) is 5.02 Å². The number of benzene rings is 1. The van der Waals surface area contributed by atoms with Crippen LogP contribution in [0.15, 0.2) is 18.2 Å². The van der Waals surface area contributed by atoms with Gasteiger partial charge in [-0.25, -0.2) is 0 Å². The van der Waals surface area contributed by atoms with Gasteiger partial charge in [-0.05, 0) is 44.5 Å². The fourth-order valence-corrected chi connectivity index (χ4v) is 1.84. The molecule has 1 aromatic rings. The second-order valence-corrected chi connectivity index (χ2v) is 4.93. The summed E-state index contributed by atoms with van der Waals surface area (Å²) >= 11 is 6.16. The number of hydrogen-bond donors (Lipinski definition) is 2. The topological polar surface area (TPSA) is 41.5 Å². The molecule has 1 aromatic carbocycles. The number of ether oxygens (including phenoxy) is 1. The van der Waals surface area contributed by atoms with Gasteiger partial charge in [0.1, 0.15) is 12.4 Å². The van der Waals surface area contributed by atoms with Gasteiger partial charge in [-0.15, -0.1) is 0 Å². The first-order chi connectivity index (χ1) is 8.54. The van der Waals surface area contributed by atoms with Crippen molar-refractivity contribution in [3.63, 3.8) is 0 Å². The summed E-state index contributed by atoms with van der Waals surface area (Å²) < 4.78 is 5.41. The summed E-state index contributed by atoms with van der Waals surface area (Å²) in [6, 6.07) is 6.03. The molecule has 0 fully saturated rings. The second kappa shape index (κ2) is 7.62. The summed E-state index contributed by atoms with van der Waals surface area (Å²) in [6.45, 7) is 7.16. The van der Waals surface area contributed by atoms with Crippen LogP contribution < -0.4 is 10.1 Å². The number of hydrogen-bond acceptors (Lipinski definition) is 3. The molecule has 0 saturated heterocycles. The first-order valence-corrected chi connectivity index (χ1v) is 6.76. The number of nitrogens with one attached hydrogen (secondary N) is 1. The highest BCUT2D eigenvalue weighted by atomic mass is 35.5. The lowest BCUT2D eigenvalue weighted by Crippen LogP contribution is -2.19. The minimum Gasteiger partial charge on any atom is -0.489 e. The van der Waals surface area contributed by atoms with E-state index >= 15 is 0 Å². The van der Waals surface area contributed by atoms with Gasteiger partial charge in [0.2, 0.25) is 0 Å². The fraction of sp³-hybridized carbons (Fsp3) is 0.571. The molecule has 0 radical (unpaired) electrons. The highest BCUT2D eigenvalue weighted by molar-refractivity contribution is 6.32. The normalized spacial score (nSPS) is 14.3. The van der Waals surface area contributed by atoms with E-state index in [0.717, 1.165) is 18.5 Å². The van der Waals surface area contributed by atoms with Crippen LogP contribution >= 0.6 is 11.6 Å². The molecule has 0 aromatic heterocycles. The van der Waals surface area contributed by atoms with Crippen molar-refractivity contribution in [2.75, 3.05) is 13.2 Å². The van der Waals surface area contributed by atoms with Gasteiger partial charge in [-0.2, -0.15) is 0 Å². The van der Waals surface area contributed by atoms with Crippen LogP contribution in [0, 0.1) is 0 Å². The summed E-state index contributed by atoms with van der Waals surface area (Å²) in [5.74, 6) is 0.615. The number of rotatable bonds is 7. The standard InChI is InChI=1S/C14H22ClNO2/c1-4-7-16-11(3)12-5-6-14(13(15)8-12)18-9-10(2)17/h5-6,8,10-11,16-17H,4,7,9H2,1-3H3. The van der Waals surface area contributed by atoms with E-state index in [2.05, 4.69) is 19.2 Å². The SMILES string of the molecule is CCCNC(C)c1ccc(OCC(C)O)c(Cl)c1. The van der Waals surface area contributed by atoms with Gasteiger partial charge in [-0.3, -0.25) is 0 Å². The zero-order valence-corrected chi connectivity index (χ0v) is 12.0.